The Morgan fingerprint density at radius 3 is 2.54 bits per heavy atom. The second-order valence-electron chi connectivity index (χ2n) is 6.56. The van der Waals surface area contributed by atoms with Crippen LogP contribution in [0.1, 0.15) is 18.4 Å². The topological polar surface area (TPSA) is 41.6 Å². The molecule has 0 heterocycles. The summed E-state index contributed by atoms with van der Waals surface area (Å²) in [4.78, 5) is 13.9. The molecule has 126 valence electrons. The molecule has 0 aromatic heterocycles. The van der Waals surface area contributed by atoms with Crippen molar-refractivity contribution in [1.82, 2.24) is 10.2 Å². The third kappa shape index (κ3) is 4.59. The number of hydrogen-bond donors (Lipinski definition) is 1. The van der Waals surface area contributed by atoms with Crippen LogP contribution < -0.4 is 10.1 Å². The van der Waals surface area contributed by atoms with Crippen LogP contribution in [0.15, 0.2) is 48.5 Å². The Balaban J connectivity index is 1.75. The van der Waals surface area contributed by atoms with E-state index in [0.717, 1.165) is 36.3 Å². The zero-order valence-electron chi connectivity index (χ0n) is 14.3. The largest absolute Gasteiger partial charge is 0.483 e. The molecule has 1 fully saturated rings. The minimum atomic E-state index is -0.0413. The van der Waals surface area contributed by atoms with Crippen LogP contribution in [0.25, 0.3) is 11.1 Å². The smallest absolute Gasteiger partial charge is 0.258 e. The van der Waals surface area contributed by atoms with Gasteiger partial charge in [0.2, 0.25) is 0 Å². The van der Waals surface area contributed by atoms with E-state index < -0.39 is 0 Å². The van der Waals surface area contributed by atoms with Crippen molar-refractivity contribution in [3.8, 4) is 16.9 Å². The van der Waals surface area contributed by atoms with Crippen LogP contribution in [0.5, 0.6) is 5.75 Å². The van der Waals surface area contributed by atoms with Gasteiger partial charge in [0.05, 0.1) is 0 Å². The van der Waals surface area contributed by atoms with Crippen LogP contribution in [0.2, 0.25) is 0 Å². The maximum atomic E-state index is 11.8. The van der Waals surface area contributed by atoms with Gasteiger partial charge in [-0.1, -0.05) is 36.4 Å². The second-order valence-corrected chi connectivity index (χ2v) is 6.56. The van der Waals surface area contributed by atoms with E-state index in [1.54, 1.807) is 0 Å². The third-order valence-electron chi connectivity index (χ3n) is 3.96. The molecule has 24 heavy (non-hydrogen) atoms. The monoisotopic (exact) mass is 324 g/mol. The zero-order valence-corrected chi connectivity index (χ0v) is 14.3. The van der Waals surface area contributed by atoms with Crippen molar-refractivity contribution < 1.29 is 9.53 Å². The first kappa shape index (κ1) is 16.5. The first-order valence-corrected chi connectivity index (χ1v) is 8.37. The average Bonchev–Trinajstić information content (AvgIpc) is 3.38. The number of hydrogen-bond acceptors (Lipinski definition) is 3. The number of carbonyl (C=O) groups is 1. The van der Waals surface area contributed by atoms with Gasteiger partial charge in [-0.15, -0.1) is 0 Å². The lowest BCUT2D eigenvalue weighted by Gasteiger charge is -2.16. The molecular weight excluding hydrogens is 300 g/mol. The average molecular weight is 324 g/mol. The molecule has 2 aromatic rings. The number of amides is 1. The molecule has 0 radical (unpaired) electrons. The summed E-state index contributed by atoms with van der Waals surface area (Å²) in [6.45, 7) is 0.835. The van der Waals surface area contributed by atoms with Crippen LogP contribution >= 0.6 is 0 Å². The summed E-state index contributed by atoms with van der Waals surface area (Å²) in [7, 11) is 4.05. The predicted octanol–water partition coefficient (Wildman–Crippen LogP) is 3.07. The van der Waals surface area contributed by atoms with E-state index >= 15 is 0 Å². The fourth-order valence-electron chi connectivity index (χ4n) is 2.63. The Labute approximate surface area is 143 Å². The molecule has 1 aliphatic carbocycles. The molecule has 3 rings (SSSR count). The van der Waals surface area contributed by atoms with Crippen molar-refractivity contribution in [2.75, 3.05) is 20.7 Å². The summed E-state index contributed by atoms with van der Waals surface area (Å²) >= 11 is 0. The molecule has 0 atom stereocenters. The fraction of sp³-hybridized carbons (Fsp3) is 0.350. The van der Waals surface area contributed by atoms with Crippen molar-refractivity contribution in [2.24, 2.45) is 0 Å². The highest BCUT2D eigenvalue weighted by molar-refractivity contribution is 5.78. The quantitative estimate of drug-likeness (QED) is 0.851. The highest BCUT2D eigenvalue weighted by atomic mass is 16.5. The lowest BCUT2D eigenvalue weighted by Crippen LogP contribution is -2.30. The third-order valence-corrected chi connectivity index (χ3v) is 3.96. The molecular formula is C20H24N2O2. The lowest BCUT2D eigenvalue weighted by molar-refractivity contribution is -0.123. The van der Waals surface area contributed by atoms with E-state index in [-0.39, 0.29) is 12.5 Å². The maximum absolute atomic E-state index is 11.8. The van der Waals surface area contributed by atoms with Gasteiger partial charge < -0.3 is 15.0 Å². The summed E-state index contributed by atoms with van der Waals surface area (Å²) in [6, 6.07) is 16.8. The minimum absolute atomic E-state index is 0.0413. The Morgan fingerprint density at radius 2 is 1.88 bits per heavy atom. The normalized spacial score (nSPS) is 13.8. The Kier molecular flexibility index (Phi) is 5.16. The first-order chi connectivity index (χ1) is 11.6. The standard InChI is InChI=1S/C20H24N2O2/c1-22(2)13-17-12-16(15-6-4-3-5-7-15)8-11-19(17)24-14-20(23)21-18-9-10-18/h3-8,11-12,18H,9-10,13-14H2,1-2H3,(H,21,23). The summed E-state index contributed by atoms with van der Waals surface area (Å²) in [5, 5.41) is 2.95. The van der Waals surface area contributed by atoms with Crippen molar-refractivity contribution in [3.05, 3.63) is 54.1 Å². The van der Waals surface area contributed by atoms with Gasteiger partial charge in [0.15, 0.2) is 6.61 Å². The predicted molar refractivity (Wildman–Crippen MR) is 95.9 cm³/mol. The molecule has 1 aliphatic rings. The van der Waals surface area contributed by atoms with Crippen LogP contribution in [0.3, 0.4) is 0 Å². The molecule has 0 saturated heterocycles. The molecule has 1 saturated carbocycles. The Bertz CT molecular complexity index is 694. The highest BCUT2D eigenvalue weighted by Gasteiger charge is 2.23. The molecule has 4 nitrogen and oxygen atoms in total. The van der Waals surface area contributed by atoms with Gasteiger partial charge in [0, 0.05) is 18.2 Å². The lowest BCUT2D eigenvalue weighted by atomic mass is 10.0. The van der Waals surface area contributed by atoms with Gasteiger partial charge in [-0.2, -0.15) is 0 Å². The summed E-state index contributed by atoms with van der Waals surface area (Å²) in [6.07, 6.45) is 2.17. The van der Waals surface area contributed by atoms with E-state index in [0.29, 0.717) is 6.04 Å². The van der Waals surface area contributed by atoms with Crippen LogP contribution in [-0.4, -0.2) is 37.6 Å². The SMILES string of the molecule is CN(C)Cc1cc(-c2ccccc2)ccc1OCC(=O)NC1CC1. The van der Waals surface area contributed by atoms with E-state index in [1.807, 2.05) is 44.4 Å². The molecule has 1 N–H and O–H groups in total. The molecule has 0 spiro atoms. The number of nitrogens with one attached hydrogen (secondary N) is 1. The highest BCUT2D eigenvalue weighted by Crippen LogP contribution is 2.27. The van der Waals surface area contributed by atoms with Gasteiger partial charge in [-0.3, -0.25) is 4.79 Å². The second kappa shape index (κ2) is 7.49. The zero-order chi connectivity index (χ0) is 16.9. The molecule has 4 heteroatoms. The first-order valence-electron chi connectivity index (χ1n) is 8.37. The van der Waals surface area contributed by atoms with Gasteiger partial charge in [0.1, 0.15) is 5.75 Å². The Morgan fingerprint density at radius 1 is 1.12 bits per heavy atom. The van der Waals surface area contributed by atoms with Gasteiger partial charge in [0.25, 0.3) is 5.91 Å². The van der Waals surface area contributed by atoms with Crippen molar-refractivity contribution in [3.63, 3.8) is 0 Å². The fourth-order valence-corrected chi connectivity index (χ4v) is 2.63. The van der Waals surface area contributed by atoms with E-state index in [2.05, 4.69) is 28.4 Å². The number of rotatable bonds is 7. The van der Waals surface area contributed by atoms with Crippen LogP contribution in [0.4, 0.5) is 0 Å². The van der Waals surface area contributed by atoms with Crippen LogP contribution in [0, 0.1) is 0 Å². The van der Waals surface area contributed by atoms with Crippen molar-refractivity contribution in [2.45, 2.75) is 25.4 Å². The minimum Gasteiger partial charge on any atom is -0.483 e. The number of ether oxygens (including phenoxy) is 1. The molecule has 0 unspecified atom stereocenters. The van der Waals surface area contributed by atoms with E-state index in [1.165, 1.54) is 5.56 Å². The number of benzene rings is 2. The van der Waals surface area contributed by atoms with E-state index in [9.17, 15) is 4.79 Å². The van der Waals surface area contributed by atoms with Gasteiger partial charge in [-0.05, 0) is 50.2 Å². The molecule has 0 bridgehead atoms. The number of nitrogens with zero attached hydrogens (tertiary/aromatic N) is 1. The van der Waals surface area contributed by atoms with Crippen molar-refractivity contribution in [1.29, 1.82) is 0 Å². The van der Waals surface area contributed by atoms with Gasteiger partial charge >= 0.3 is 0 Å². The number of carbonyl (C=O) groups excluding carboxylic acids is 1. The van der Waals surface area contributed by atoms with Crippen molar-refractivity contribution >= 4 is 5.91 Å². The van der Waals surface area contributed by atoms with E-state index in [4.69, 9.17) is 4.74 Å². The molecule has 2 aromatic carbocycles. The maximum Gasteiger partial charge on any atom is 0.258 e. The molecule has 1 amide bonds. The summed E-state index contributed by atoms with van der Waals surface area (Å²) < 4.78 is 5.78. The summed E-state index contributed by atoms with van der Waals surface area (Å²) in [5.41, 5.74) is 3.42. The van der Waals surface area contributed by atoms with Gasteiger partial charge in [-0.25, -0.2) is 0 Å². The molecule has 0 aliphatic heterocycles. The van der Waals surface area contributed by atoms with Crippen LogP contribution in [-0.2, 0) is 11.3 Å². The summed E-state index contributed by atoms with van der Waals surface area (Å²) in [5.74, 6) is 0.731. The Hall–Kier alpha value is -2.33.